The van der Waals surface area contributed by atoms with Gasteiger partial charge in [0, 0.05) is 16.0 Å². The van der Waals surface area contributed by atoms with Crippen molar-refractivity contribution in [2.45, 2.75) is 12.5 Å². The van der Waals surface area contributed by atoms with Gasteiger partial charge in [0.05, 0.1) is 6.04 Å². The fraction of sp³-hybridized carbons (Fsp3) is 0.154. The van der Waals surface area contributed by atoms with Gasteiger partial charge in [0.1, 0.15) is 0 Å². The molecule has 0 aliphatic heterocycles. The third-order valence-electron chi connectivity index (χ3n) is 2.64. The first kappa shape index (κ1) is 12.5. The van der Waals surface area contributed by atoms with Crippen LogP contribution in [0.3, 0.4) is 0 Å². The maximum Gasteiger partial charge on any atom is 0.0515 e. The van der Waals surface area contributed by atoms with E-state index in [-0.39, 0.29) is 6.04 Å². The standard InChI is InChI=1S/C13H14IN3/c14-12-5-3-10(4-6-12)8-13(17-15)11-2-1-7-16-9-11/h1-7,9,13,17H,8,15H2. The van der Waals surface area contributed by atoms with E-state index in [2.05, 4.69) is 57.3 Å². The number of benzene rings is 1. The van der Waals surface area contributed by atoms with Crippen LogP contribution in [0.4, 0.5) is 0 Å². The van der Waals surface area contributed by atoms with Gasteiger partial charge in [0.2, 0.25) is 0 Å². The van der Waals surface area contributed by atoms with Crippen LogP contribution in [0, 0.1) is 3.57 Å². The average molecular weight is 339 g/mol. The van der Waals surface area contributed by atoms with Gasteiger partial charge >= 0.3 is 0 Å². The summed E-state index contributed by atoms with van der Waals surface area (Å²) in [5.74, 6) is 5.60. The lowest BCUT2D eigenvalue weighted by atomic mass is 10.0. The molecule has 2 rings (SSSR count). The van der Waals surface area contributed by atoms with Crippen LogP contribution in [0.5, 0.6) is 0 Å². The van der Waals surface area contributed by atoms with Crippen molar-refractivity contribution in [3.05, 3.63) is 63.5 Å². The Bertz CT molecular complexity index is 456. The van der Waals surface area contributed by atoms with Crippen molar-refractivity contribution in [1.82, 2.24) is 10.4 Å². The Hall–Kier alpha value is -0.980. The molecule has 0 saturated carbocycles. The first-order valence-corrected chi connectivity index (χ1v) is 6.48. The van der Waals surface area contributed by atoms with Crippen LogP contribution in [0.1, 0.15) is 17.2 Å². The normalized spacial score (nSPS) is 12.4. The lowest BCUT2D eigenvalue weighted by molar-refractivity contribution is 0.550. The fourth-order valence-electron chi connectivity index (χ4n) is 1.71. The zero-order valence-electron chi connectivity index (χ0n) is 9.31. The maximum absolute atomic E-state index is 5.60. The van der Waals surface area contributed by atoms with E-state index in [0.717, 1.165) is 12.0 Å². The highest BCUT2D eigenvalue weighted by molar-refractivity contribution is 14.1. The molecule has 0 saturated heterocycles. The molecule has 1 aromatic heterocycles. The van der Waals surface area contributed by atoms with Gasteiger partial charge in [-0.05, 0) is 58.3 Å². The molecule has 0 spiro atoms. The van der Waals surface area contributed by atoms with Crippen LogP contribution in [0.15, 0.2) is 48.8 Å². The second kappa shape index (κ2) is 6.09. The van der Waals surface area contributed by atoms with Gasteiger partial charge in [0.25, 0.3) is 0 Å². The Kier molecular flexibility index (Phi) is 4.47. The van der Waals surface area contributed by atoms with Gasteiger partial charge in [-0.1, -0.05) is 18.2 Å². The van der Waals surface area contributed by atoms with E-state index in [4.69, 9.17) is 5.84 Å². The second-order valence-electron chi connectivity index (χ2n) is 3.84. The van der Waals surface area contributed by atoms with E-state index in [0.29, 0.717) is 0 Å². The van der Waals surface area contributed by atoms with Crippen molar-refractivity contribution in [3.63, 3.8) is 0 Å². The molecule has 0 fully saturated rings. The highest BCUT2D eigenvalue weighted by Gasteiger charge is 2.10. The molecule has 0 bridgehead atoms. The number of hydrazine groups is 1. The zero-order valence-corrected chi connectivity index (χ0v) is 11.5. The second-order valence-corrected chi connectivity index (χ2v) is 5.08. The third kappa shape index (κ3) is 3.49. The van der Waals surface area contributed by atoms with E-state index < -0.39 is 0 Å². The Morgan fingerprint density at radius 3 is 2.59 bits per heavy atom. The van der Waals surface area contributed by atoms with Gasteiger partial charge in [-0.25, -0.2) is 0 Å². The quantitative estimate of drug-likeness (QED) is 0.511. The largest absolute Gasteiger partial charge is 0.271 e. The van der Waals surface area contributed by atoms with Gasteiger partial charge < -0.3 is 0 Å². The van der Waals surface area contributed by atoms with Crippen molar-refractivity contribution in [2.24, 2.45) is 5.84 Å². The van der Waals surface area contributed by atoms with Crippen LogP contribution in [-0.2, 0) is 6.42 Å². The third-order valence-corrected chi connectivity index (χ3v) is 3.36. The summed E-state index contributed by atoms with van der Waals surface area (Å²) in [4.78, 5) is 4.11. The molecule has 2 aromatic rings. The van der Waals surface area contributed by atoms with Gasteiger partial charge in [-0.2, -0.15) is 0 Å². The molecular formula is C13H14IN3. The molecule has 1 heterocycles. The number of halogens is 1. The summed E-state index contributed by atoms with van der Waals surface area (Å²) < 4.78 is 1.24. The molecule has 1 unspecified atom stereocenters. The molecule has 0 aliphatic carbocycles. The predicted molar refractivity (Wildman–Crippen MR) is 77.2 cm³/mol. The van der Waals surface area contributed by atoms with Gasteiger partial charge in [0.15, 0.2) is 0 Å². The van der Waals surface area contributed by atoms with Crippen LogP contribution in [-0.4, -0.2) is 4.98 Å². The summed E-state index contributed by atoms with van der Waals surface area (Å²) >= 11 is 2.30. The predicted octanol–water partition coefficient (Wildman–Crippen LogP) is 2.43. The van der Waals surface area contributed by atoms with E-state index in [1.54, 1.807) is 6.20 Å². The molecule has 1 atom stereocenters. The number of pyridine rings is 1. The van der Waals surface area contributed by atoms with Crippen LogP contribution in [0.25, 0.3) is 0 Å². The van der Waals surface area contributed by atoms with Crippen LogP contribution < -0.4 is 11.3 Å². The first-order chi connectivity index (χ1) is 8.29. The van der Waals surface area contributed by atoms with E-state index >= 15 is 0 Å². The highest BCUT2D eigenvalue weighted by atomic mass is 127. The van der Waals surface area contributed by atoms with Crippen molar-refractivity contribution in [1.29, 1.82) is 0 Å². The lowest BCUT2D eigenvalue weighted by Gasteiger charge is -2.15. The van der Waals surface area contributed by atoms with E-state index in [1.807, 2.05) is 18.3 Å². The van der Waals surface area contributed by atoms with E-state index in [1.165, 1.54) is 9.13 Å². The first-order valence-electron chi connectivity index (χ1n) is 5.40. The molecule has 4 heteroatoms. The smallest absolute Gasteiger partial charge is 0.0515 e. The highest BCUT2D eigenvalue weighted by Crippen LogP contribution is 2.17. The minimum Gasteiger partial charge on any atom is -0.271 e. The molecule has 0 amide bonds. The Labute approximate surface area is 115 Å². The summed E-state index contributed by atoms with van der Waals surface area (Å²) in [5.41, 5.74) is 5.21. The van der Waals surface area contributed by atoms with Gasteiger partial charge in [-0.3, -0.25) is 16.3 Å². The SMILES string of the molecule is NNC(Cc1ccc(I)cc1)c1cccnc1. The maximum atomic E-state index is 5.60. The number of nitrogens with one attached hydrogen (secondary N) is 1. The molecule has 1 aromatic carbocycles. The molecule has 0 radical (unpaired) electrons. The molecule has 88 valence electrons. The zero-order chi connectivity index (χ0) is 12.1. The minimum absolute atomic E-state index is 0.101. The summed E-state index contributed by atoms with van der Waals surface area (Å²) in [6, 6.07) is 12.5. The van der Waals surface area contributed by atoms with E-state index in [9.17, 15) is 0 Å². The number of hydrogen-bond donors (Lipinski definition) is 2. The average Bonchev–Trinajstić information content (AvgIpc) is 2.39. The number of nitrogens with two attached hydrogens (primary N) is 1. The van der Waals surface area contributed by atoms with Crippen molar-refractivity contribution in [3.8, 4) is 0 Å². The van der Waals surface area contributed by atoms with Crippen molar-refractivity contribution < 1.29 is 0 Å². The summed E-state index contributed by atoms with van der Waals surface area (Å²) in [7, 11) is 0. The Morgan fingerprint density at radius 2 is 2.00 bits per heavy atom. The Balaban J connectivity index is 2.13. The lowest BCUT2D eigenvalue weighted by Crippen LogP contribution is -2.29. The topological polar surface area (TPSA) is 50.9 Å². The molecule has 0 aliphatic rings. The molecule has 3 nitrogen and oxygen atoms in total. The molecular weight excluding hydrogens is 325 g/mol. The number of nitrogens with zero attached hydrogens (tertiary/aromatic N) is 1. The number of rotatable bonds is 4. The molecule has 3 N–H and O–H groups in total. The van der Waals surface area contributed by atoms with Crippen LogP contribution in [0.2, 0.25) is 0 Å². The number of hydrogen-bond acceptors (Lipinski definition) is 3. The minimum atomic E-state index is 0.101. The van der Waals surface area contributed by atoms with Crippen molar-refractivity contribution >= 4 is 22.6 Å². The summed E-state index contributed by atoms with van der Waals surface area (Å²) in [6.45, 7) is 0. The fourth-order valence-corrected chi connectivity index (χ4v) is 2.07. The van der Waals surface area contributed by atoms with Gasteiger partial charge in [-0.15, -0.1) is 0 Å². The summed E-state index contributed by atoms with van der Waals surface area (Å²) in [6.07, 6.45) is 4.47. The van der Waals surface area contributed by atoms with Crippen LogP contribution >= 0.6 is 22.6 Å². The number of aromatic nitrogens is 1. The molecule has 17 heavy (non-hydrogen) atoms. The van der Waals surface area contributed by atoms with Crippen molar-refractivity contribution in [2.75, 3.05) is 0 Å². The summed E-state index contributed by atoms with van der Waals surface area (Å²) in [5, 5.41) is 0. The Morgan fingerprint density at radius 1 is 1.24 bits per heavy atom. The monoisotopic (exact) mass is 339 g/mol.